The van der Waals surface area contributed by atoms with E-state index in [1.807, 2.05) is 109 Å². The second-order valence-electron chi connectivity index (χ2n) is 19.1. The van der Waals surface area contributed by atoms with Gasteiger partial charge in [0.25, 0.3) is 0 Å². The van der Waals surface area contributed by atoms with Gasteiger partial charge in [-0.15, -0.1) is 0 Å². The number of halogens is 3. The topological polar surface area (TPSA) is 33.6 Å². The third kappa shape index (κ3) is 7.85. The SMILES string of the molecule is Cc1cccc(C(F)(F)F)c1-c1ccc(-n2c3ccc(-c4ccccc4)cc3c3cc(-c4ccccc4)ccc32)c(-c2ccc(C#N)cc2-n2c3ccc(-c4ccccc4)cc3c3cc(-c4ccccc4)ccc32)c1. The molecule has 2 aromatic heterocycles. The Morgan fingerprint density at radius 1 is 0.347 bits per heavy atom. The van der Waals surface area contributed by atoms with Crippen LogP contribution in [0.2, 0.25) is 0 Å². The van der Waals surface area contributed by atoms with Gasteiger partial charge in [-0.1, -0.05) is 170 Å². The van der Waals surface area contributed by atoms with Gasteiger partial charge in [-0.2, -0.15) is 18.4 Å². The van der Waals surface area contributed by atoms with Crippen LogP contribution in [0.3, 0.4) is 0 Å². The maximum Gasteiger partial charge on any atom is 0.417 e. The summed E-state index contributed by atoms with van der Waals surface area (Å²) in [4.78, 5) is 0. The van der Waals surface area contributed by atoms with Gasteiger partial charge in [-0.25, -0.2) is 0 Å². The molecule has 6 heteroatoms. The zero-order valence-corrected chi connectivity index (χ0v) is 40.6. The van der Waals surface area contributed by atoms with Gasteiger partial charge in [-0.05, 0) is 147 Å². The number of aromatic nitrogens is 2. The molecular formula is C69H44F3N3. The van der Waals surface area contributed by atoms with Crippen LogP contribution in [0, 0.1) is 18.3 Å². The first-order chi connectivity index (χ1) is 36.7. The number of aryl methyl sites for hydroxylation is 1. The average molecular weight is 972 g/mol. The summed E-state index contributed by atoms with van der Waals surface area (Å²) in [6.45, 7) is 1.73. The highest BCUT2D eigenvalue weighted by Crippen LogP contribution is 2.47. The largest absolute Gasteiger partial charge is 0.417 e. The van der Waals surface area contributed by atoms with E-state index in [9.17, 15) is 5.26 Å². The first-order valence-corrected chi connectivity index (χ1v) is 24.9. The number of hydrogen-bond donors (Lipinski definition) is 0. The van der Waals surface area contributed by atoms with Crippen molar-refractivity contribution >= 4 is 43.6 Å². The predicted octanol–water partition coefficient (Wildman–Crippen LogP) is 19.1. The summed E-state index contributed by atoms with van der Waals surface area (Å²) in [5.74, 6) is 0. The number of alkyl halides is 3. The highest BCUT2D eigenvalue weighted by atomic mass is 19.4. The van der Waals surface area contributed by atoms with E-state index in [2.05, 4.69) is 137 Å². The lowest BCUT2D eigenvalue weighted by Gasteiger charge is -2.21. The lowest BCUT2D eigenvalue weighted by Crippen LogP contribution is -2.08. The molecule has 0 N–H and O–H groups in total. The highest BCUT2D eigenvalue weighted by molar-refractivity contribution is 6.14. The standard InChI is InChI=1S/C69H44F3N3/c1-44-15-14-24-61(69(70,71)72)68(44)54-30-36-62(74-63-32-26-50(46-16-6-2-7-17-46)38-57(63)58-39-51(27-33-64(58)74)47-18-8-3-9-19-47)56(42-54)55-31-25-45(43-73)37-67(55)75-65-34-28-52(48-20-10-4-11-21-48)40-59(65)60-41-53(29-35-66(60)75)49-22-12-5-13-23-49/h2-42H,1H3. The van der Waals surface area contributed by atoms with E-state index in [4.69, 9.17) is 0 Å². The molecule has 0 spiro atoms. The zero-order valence-electron chi connectivity index (χ0n) is 40.6. The van der Waals surface area contributed by atoms with Crippen molar-refractivity contribution in [3.05, 3.63) is 265 Å². The van der Waals surface area contributed by atoms with Crippen molar-refractivity contribution in [1.82, 2.24) is 9.13 Å². The van der Waals surface area contributed by atoms with E-state index >= 15 is 13.2 Å². The Balaban J connectivity index is 1.13. The molecule has 0 saturated heterocycles. The first kappa shape index (κ1) is 45.2. The fourth-order valence-electron chi connectivity index (χ4n) is 11.2. The monoisotopic (exact) mass is 971 g/mol. The van der Waals surface area contributed by atoms with Crippen LogP contribution < -0.4 is 0 Å². The fraction of sp³-hybridized carbons (Fsp3) is 0.0290. The molecule has 0 fully saturated rings. The van der Waals surface area contributed by atoms with Gasteiger partial charge in [0.1, 0.15) is 0 Å². The number of nitrogens with zero attached hydrogens (tertiary/aromatic N) is 3. The van der Waals surface area contributed by atoms with E-state index in [0.29, 0.717) is 27.9 Å². The van der Waals surface area contributed by atoms with Crippen LogP contribution >= 0.6 is 0 Å². The van der Waals surface area contributed by atoms with Crippen molar-refractivity contribution in [3.63, 3.8) is 0 Å². The Hall–Kier alpha value is -9.70. The van der Waals surface area contributed by atoms with E-state index in [-0.39, 0.29) is 5.56 Å². The van der Waals surface area contributed by atoms with Crippen molar-refractivity contribution in [1.29, 1.82) is 5.26 Å². The minimum Gasteiger partial charge on any atom is -0.309 e. The third-order valence-corrected chi connectivity index (χ3v) is 14.7. The van der Waals surface area contributed by atoms with E-state index in [0.717, 1.165) is 105 Å². The molecule has 0 amide bonds. The Morgan fingerprint density at radius 2 is 0.747 bits per heavy atom. The lowest BCUT2D eigenvalue weighted by atomic mass is 9.90. The molecule has 13 rings (SSSR count). The molecular weight excluding hydrogens is 928 g/mol. The molecule has 0 radical (unpaired) electrons. The molecule has 0 unspecified atom stereocenters. The normalized spacial score (nSPS) is 11.7. The average Bonchev–Trinajstić information content (AvgIpc) is 3.96. The Kier molecular flexibility index (Phi) is 10.9. The smallest absolute Gasteiger partial charge is 0.309 e. The summed E-state index contributed by atoms with van der Waals surface area (Å²) in [7, 11) is 0. The van der Waals surface area contributed by atoms with Gasteiger partial charge in [0, 0.05) is 32.7 Å². The molecule has 0 atom stereocenters. The van der Waals surface area contributed by atoms with E-state index in [1.54, 1.807) is 13.0 Å². The Morgan fingerprint density at radius 3 is 1.15 bits per heavy atom. The molecule has 2 heterocycles. The van der Waals surface area contributed by atoms with Gasteiger partial charge in [-0.3, -0.25) is 0 Å². The third-order valence-electron chi connectivity index (χ3n) is 14.7. The summed E-state index contributed by atoms with van der Waals surface area (Å²) < 4.78 is 50.0. The molecule has 0 aliphatic heterocycles. The van der Waals surface area contributed by atoms with Crippen LogP contribution in [0.25, 0.3) is 122 Å². The van der Waals surface area contributed by atoms with Gasteiger partial charge in [0.15, 0.2) is 0 Å². The molecule has 13 aromatic rings. The fourth-order valence-corrected chi connectivity index (χ4v) is 11.2. The predicted molar refractivity (Wildman–Crippen MR) is 302 cm³/mol. The number of fused-ring (bicyclic) bond motifs is 6. The minimum atomic E-state index is -4.61. The van der Waals surface area contributed by atoms with Crippen molar-refractivity contribution in [3.8, 4) is 84.2 Å². The Bertz CT molecular complexity index is 4200. The second-order valence-corrected chi connectivity index (χ2v) is 19.1. The Labute approximate surface area is 431 Å². The van der Waals surface area contributed by atoms with Crippen molar-refractivity contribution < 1.29 is 13.2 Å². The van der Waals surface area contributed by atoms with Crippen molar-refractivity contribution in [2.75, 3.05) is 0 Å². The number of benzene rings is 11. The number of hydrogen-bond acceptors (Lipinski definition) is 1. The van der Waals surface area contributed by atoms with E-state index in [1.165, 1.54) is 6.07 Å². The number of nitriles is 1. The van der Waals surface area contributed by atoms with Crippen LogP contribution in [0.5, 0.6) is 0 Å². The summed E-state index contributed by atoms with van der Waals surface area (Å²) in [5.41, 5.74) is 16.0. The van der Waals surface area contributed by atoms with Crippen LogP contribution in [-0.4, -0.2) is 9.13 Å². The summed E-state index contributed by atoms with van der Waals surface area (Å²) >= 11 is 0. The van der Waals surface area contributed by atoms with Crippen LogP contribution in [0.4, 0.5) is 13.2 Å². The maximum atomic E-state index is 15.2. The first-order valence-electron chi connectivity index (χ1n) is 24.9. The molecule has 0 saturated carbocycles. The maximum absolute atomic E-state index is 15.2. The molecule has 0 bridgehead atoms. The second kappa shape index (κ2) is 18.1. The van der Waals surface area contributed by atoms with E-state index < -0.39 is 11.7 Å². The summed E-state index contributed by atoms with van der Waals surface area (Å²) in [6, 6.07) is 85.5. The van der Waals surface area contributed by atoms with Crippen LogP contribution in [-0.2, 0) is 6.18 Å². The summed E-state index contributed by atoms with van der Waals surface area (Å²) in [6.07, 6.45) is -4.61. The molecule has 75 heavy (non-hydrogen) atoms. The highest BCUT2D eigenvalue weighted by Gasteiger charge is 2.34. The van der Waals surface area contributed by atoms with Gasteiger partial charge in [0.2, 0.25) is 0 Å². The molecule has 0 aliphatic rings. The minimum absolute atomic E-state index is 0.119. The quantitative estimate of drug-likeness (QED) is 0.149. The van der Waals surface area contributed by atoms with Gasteiger partial charge in [0.05, 0.1) is 50.6 Å². The number of rotatable bonds is 8. The molecule has 11 aromatic carbocycles. The zero-order chi connectivity index (χ0) is 50.8. The summed E-state index contributed by atoms with van der Waals surface area (Å²) in [5, 5.41) is 14.8. The van der Waals surface area contributed by atoms with Crippen molar-refractivity contribution in [2.24, 2.45) is 0 Å². The molecule has 3 nitrogen and oxygen atoms in total. The van der Waals surface area contributed by atoms with Gasteiger partial charge >= 0.3 is 6.18 Å². The van der Waals surface area contributed by atoms with Crippen molar-refractivity contribution in [2.45, 2.75) is 13.1 Å². The van der Waals surface area contributed by atoms with Gasteiger partial charge < -0.3 is 9.13 Å². The molecule has 0 aliphatic carbocycles. The van der Waals surface area contributed by atoms with Crippen LogP contribution in [0.15, 0.2) is 249 Å². The lowest BCUT2D eigenvalue weighted by molar-refractivity contribution is -0.137. The molecule has 356 valence electrons. The van der Waals surface area contributed by atoms with Crippen LogP contribution in [0.1, 0.15) is 16.7 Å².